The van der Waals surface area contributed by atoms with Crippen molar-refractivity contribution in [3.8, 4) is 5.75 Å². The van der Waals surface area contributed by atoms with Crippen molar-refractivity contribution in [2.75, 3.05) is 5.73 Å². The van der Waals surface area contributed by atoms with Crippen LogP contribution in [0.1, 0.15) is 24.0 Å². The average molecular weight is 308 g/mol. The molecule has 0 atom stereocenters. The fourth-order valence-electron chi connectivity index (χ4n) is 2.19. The molecule has 0 unspecified atom stereocenters. The highest BCUT2D eigenvalue weighted by atomic mass is 16.5. The van der Waals surface area contributed by atoms with E-state index in [1.54, 1.807) is 12.1 Å². The highest BCUT2D eigenvalue weighted by Crippen LogP contribution is 2.24. The quantitative estimate of drug-likeness (QED) is 0.636. The van der Waals surface area contributed by atoms with E-state index in [0.717, 1.165) is 24.0 Å². The third-order valence-electron chi connectivity index (χ3n) is 3.62. The summed E-state index contributed by atoms with van der Waals surface area (Å²) in [4.78, 5) is 11.6. The van der Waals surface area contributed by atoms with Crippen LogP contribution in [0.25, 0.3) is 6.08 Å². The number of carbonyl (C=O) groups excluding carboxylic acids is 1. The van der Waals surface area contributed by atoms with Gasteiger partial charge in [0.1, 0.15) is 12.4 Å². The van der Waals surface area contributed by atoms with Crippen molar-refractivity contribution in [2.24, 2.45) is 0 Å². The molecule has 0 aromatic heterocycles. The average Bonchev–Trinajstić information content (AvgIpc) is 3.37. The van der Waals surface area contributed by atoms with Crippen LogP contribution < -0.4 is 15.8 Å². The summed E-state index contributed by atoms with van der Waals surface area (Å²) in [5.41, 5.74) is 8.55. The third kappa shape index (κ3) is 4.61. The van der Waals surface area contributed by atoms with E-state index in [1.165, 1.54) is 6.08 Å². The van der Waals surface area contributed by atoms with Crippen molar-refractivity contribution in [1.29, 1.82) is 0 Å². The van der Waals surface area contributed by atoms with Crippen molar-refractivity contribution < 1.29 is 9.53 Å². The van der Waals surface area contributed by atoms with Gasteiger partial charge in [-0.3, -0.25) is 4.79 Å². The van der Waals surface area contributed by atoms with Crippen molar-refractivity contribution in [2.45, 2.75) is 25.5 Å². The van der Waals surface area contributed by atoms with Gasteiger partial charge in [0, 0.05) is 12.1 Å². The minimum atomic E-state index is -0.0597. The Morgan fingerprint density at radius 3 is 2.70 bits per heavy atom. The summed E-state index contributed by atoms with van der Waals surface area (Å²) in [5, 5.41) is 2.91. The maximum Gasteiger partial charge on any atom is 0.244 e. The van der Waals surface area contributed by atoms with Gasteiger partial charge in [0.15, 0.2) is 0 Å². The molecular weight excluding hydrogens is 288 g/mol. The number of nitrogens with two attached hydrogens (primary N) is 1. The Kier molecular flexibility index (Phi) is 4.62. The summed E-state index contributed by atoms with van der Waals surface area (Å²) in [6, 6.07) is 15.8. The lowest BCUT2D eigenvalue weighted by Crippen LogP contribution is -2.22. The van der Waals surface area contributed by atoms with Gasteiger partial charge in [0.05, 0.1) is 5.69 Å². The lowest BCUT2D eigenvalue weighted by Gasteiger charge is -2.09. The van der Waals surface area contributed by atoms with Crippen molar-refractivity contribution in [1.82, 2.24) is 5.32 Å². The molecule has 3 N–H and O–H groups in total. The van der Waals surface area contributed by atoms with Crippen molar-refractivity contribution in [3.05, 3.63) is 65.7 Å². The van der Waals surface area contributed by atoms with E-state index < -0.39 is 0 Å². The predicted molar refractivity (Wildman–Crippen MR) is 91.8 cm³/mol. The normalized spacial score (nSPS) is 13.9. The molecule has 118 valence electrons. The van der Waals surface area contributed by atoms with Gasteiger partial charge in [0.2, 0.25) is 5.91 Å². The Bertz CT molecular complexity index is 707. The lowest BCUT2D eigenvalue weighted by atomic mass is 10.1. The monoisotopic (exact) mass is 308 g/mol. The second-order valence-electron chi connectivity index (χ2n) is 5.69. The summed E-state index contributed by atoms with van der Waals surface area (Å²) in [6.45, 7) is 0.476. The smallest absolute Gasteiger partial charge is 0.244 e. The van der Waals surface area contributed by atoms with Gasteiger partial charge < -0.3 is 15.8 Å². The Morgan fingerprint density at radius 2 is 2.00 bits per heavy atom. The molecule has 23 heavy (non-hydrogen) atoms. The number of hydrogen-bond acceptors (Lipinski definition) is 3. The zero-order valence-corrected chi connectivity index (χ0v) is 12.9. The Morgan fingerprint density at radius 1 is 1.22 bits per heavy atom. The molecule has 4 nitrogen and oxygen atoms in total. The van der Waals surface area contributed by atoms with Crippen molar-refractivity contribution in [3.63, 3.8) is 0 Å². The number of nitrogens with one attached hydrogen (secondary N) is 1. The molecule has 0 bridgehead atoms. The van der Waals surface area contributed by atoms with Crippen LogP contribution in [0, 0.1) is 0 Å². The van der Waals surface area contributed by atoms with E-state index in [-0.39, 0.29) is 5.91 Å². The molecule has 3 rings (SSSR count). The number of carbonyl (C=O) groups is 1. The van der Waals surface area contributed by atoms with E-state index in [2.05, 4.69) is 5.32 Å². The summed E-state index contributed by atoms with van der Waals surface area (Å²) in [6.07, 6.45) is 5.46. The van der Waals surface area contributed by atoms with Crippen LogP contribution in [0.3, 0.4) is 0 Å². The molecule has 1 aliphatic rings. The molecule has 2 aromatic carbocycles. The fourth-order valence-corrected chi connectivity index (χ4v) is 2.19. The van der Waals surface area contributed by atoms with Gasteiger partial charge in [-0.2, -0.15) is 0 Å². The van der Waals surface area contributed by atoms with Crippen LogP contribution in [0.15, 0.2) is 54.6 Å². The molecule has 0 spiro atoms. The molecule has 0 heterocycles. The maximum absolute atomic E-state index is 11.6. The molecule has 0 aliphatic heterocycles. The van der Waals surface area contributed by atoms with E-state index in [4.69, 9.17) is 10.5 Å². The summed E-state index contributed by atoms with van der Waals surface area (Å²) in [7, 11) is 0. The minimum absolute atomic E-state index is 0.0597. The molecular formula is C19H20N2O2. The van der Waals surface area contributed by atoms with Crippen LogP contribution in [0.2, 0.25) is 0 Å². The highest BCUT2D eigenvalue weighted by Gasteiger charge is 2.21. The number of hydrogen-bond donors (Lipinski definition) is 2. The van der Waals surface area contributed by atoms with Crippen molar-refractivity contribution >= 4 is 17.7 Å². The summed E-state index contributed by atoms with van der Waals surface area (Å²) >= 11 is 0. The van der Waals surface area contributed by atoms with Crippen LogP contribution in [0.5, 0.6) is 5.75 Å². The van der Waals surface area contributed by atoms with E-state index in [1.807, 2.05) is 42.5 Å². The zero-order valence-electron chi connectivity index (χ0n) is 12.9. The predicted octanol–water partition coefficient (Wildman–Crippen LogP) is 3.14. The molecule has 0 radical (unpaired) electrons. The first-order valence-electron chi connectivity index (χ1n) is 7.75. The first-order valence-corrected chi connectivity index (χ1v) is 7.75. The van der Waals surface area contributed by atoms with Gasteiger partial charge in [-0.15, -0.1) is 0 Å². The number of rotatable bonds is 6. The van der Waals surface area contributed by atoms with Crippen LogP contribution in [-0.4, -0.2) is 11.9 Å². The molecule has 2 aromatic rings. The number of amides is 1. The number of anilines is 1. The molecule has 1 fully saturated rings. The zero-order chi connectivity index (χ0) is 16.1. The largest absolute Gasteiger partial charge is 0.487 e. The topological polar surface area (TPSA) is 64.4 Å². The van der Waals surface area contributed by atoms with Gasteiger partial charge >= 0.3 is 0 Å². The van der Waals surface area contributed by atoms with Crippen LogP contribution >= 0.6 is 0 Å². The van der Waals surface area contributed by atoms with E-state index in [0.29, 0.717) is 24.1 Å². The Hall–Kier alpha value is -2.75. The van der Waals surface area contributed by atoms with E-state index in [9.17, 15) is 4.79 Å². The molecule has 1 saturated carbocycles. The van der Waals surface area contributed by atoms with Crippen LogP contribution in [0.4, 0.5) is 5.69 Å². The summed E-state index contributed by atoms with van der Waals surface area (Å²) in [5.74, 6) is 0.587. The first kappa shape index (κ1) is 15.2. The van der Waals surface area contributed by atoms with E-state index >= 15 is 0 Å². The van der Waals surface area contributed by atoms with Gasteiger partial charge in [-0.05, 0) is 42.2 Å². The lowest BCUT2D eigenvalue weighted by molar-refractivity contribution is -0.116. The second-order valence-corrected chi connectivity index (χ2v) is 5.69. The van der Waals surface area contributed by atoms with Crippen LogP contribution in [-0.2, 0) is 11.4 Å². The third-order valence-corrected chi connectivity index (χ3v) is 3.62. The Balaban J connectivity index is 1.58. The standard InChI is InChI=1S/C19H20N2O2/c20-17-12-14(7-11-19(22)21-16-8-9-16)6-10-18(17)23-13-15-4-2-1-3-5-15/h1-7,10-12,16H,8-9,13,20H2,(H,21,22)/b11-7-. The minimum Gasteiger partial charge on any atom is -0.487 e. The van der Waals surface area contributed by atoms with Gasteiger partial charge in [-0.25, -0.2) is 0 Å². The second kappa shape index (κ2) is 7.01. The molecule has 4 heteroatoms. The highest BCUT2D eigenvalue weighted by molar-refractivity contribution is 5.92. The fraction of sp³-hybridized carbons (Fsp3) is 0.211. The molecule has 1 amide bonds. The number of nitrogen functional groups attached to an aromatic ring is 1. The maximum atomic E-state index is 11.6. The Labute approximate surface area is 136 Å². The van der Waals surface area contributed by atoms with Gasteiger partial charge in [-0.1, -0.05) is 36.4 Å². The summed E-state index contributed by atoms with van der Waals surface area (Å²) < 4.78 is 5.74. The molecule has 0 saturated heterocycles. The number of benzene rings is 2. The number of ether oxygens (including phenoxy) is 1. The first-order chi connectivity index (χ1) is 11.2. The van der Waals surface area contributed by atoms with Gasteiger partial charge in [0.25, 0.3) is 0 Å². The SMILES string of the molecule is Nc1cc(/C=C\C(=O)NC2CC2)ccc1OCc1ccccc1. The molecule has 1 aliphatic carbocycles.